The summed E-state index contributed by atoms with van der Waals surface area (Å²) in [7, 11) is 0. The fourth-order valence-corrected chi connectivity index (χ4v) is 1.46. The summed E-state index contributed by atoms with van der Waals surface area (Å²) >= 11 is 0. The number of benzene rings is 1. The summed E-state index contributed by atoms with van der Waals surface area (Å²) in [5.74, 6) is 0.150. The number of hydrogen-bond acceptors (Lipinski definition) is 4. The third-order valence-corrected chi connectivity index (χ3v) is 2.05. The number of carbonyl (C=O) groups excluding carboxylic acids is 1. The number of carbonyl (C=O) groups is 1. The summed E-state index contributed by atoms with van der Waals surface area (Å²) in [6, 6.07) is 7.21. The van der Waals surface area contributed by atoms with E-state index in [9.17, 15) is 4.79 Å². The Morgan fingerprint density at radius 2 is 2.00 bits per heavy atom. The van der Waals surface area contributed by atoms with E-state index < -0.39 is 6.29 Å². The van der Waals surface area contributed by atoms with Crippen LogP contribution in [0.25, 0.3) is 0 Å². The van der Waals surface area contributed by atoms with Crippen LogP contribution in [0.5, 0.6) is 5.75 Å². The first-order chi connectivity index (χ1) is 7.27. The number of rotatable bonds is 2. The molecule has 4 heteroatoms. The van der Waals surface area contributed by atoms with Crippen LogP contribution in [0.1, 0.15) is 18.8 Å². The quantitative estimate of drug-likeness (QED) is 0.547. The van der Waals surface area contributed by atoms with Gasteiger partial charge in [0.05, 0.1) is 18.8 Å². The van der Waals surface area contributed by atoms with E-state index in [1.165, 1.54) is 6.92 Å². The number of hydrogen-bond donors (Lipinski definition) is 0. The molecule has 80 valence electrons. The molecule has 1 aromatic carbocycles. The number of ether oxygens (including phenoxy) is 3. The van der Waals surface area contributed by atoms with Crippen LogP contribution in [0.2, 0.25) is 0 Å². The van der Waals surface area contributed by atoms with Gasteiger partial charge in [-0.2, -0.15) is 0 Å². The van der Waals surface area contributed by atoms with Crippen LogP contribution in [0.3, 0.4) is 0 Å². The van der Waals surface area contributed by atoms with E-state index in [0.29, 0.717) is 19.0 Å². The van der Waals surface area contributed by atoms with Crippen molar-refractivity contribution in [2.45, 2.75) is 13.2 Å². The summed E-state index contributed by atoms with van der Waals surface area (Å²) < 4.78 is 15.8. The third-order valence-electron chi connectivity index (χ3n) is 2.05. The zero-order valence-electron chi connectivity index (χ0n) is 8.43. The SMILES string of the molecule is CC(=O)Oc1ccccc1C1OCCO1. The Morgan fingerprint density at radius 1 is 1.33 bits per heavy atom. The van der Waals surface area contributed by atoms with Gasteiger partial charge in [0.1, 0.15) is 5.75 Å². The maximum Gasteiger partial charge on any atom is 0.308 e. The van der Waals surface area contributed by atoms with Gasteiger partial charge in [0.15, 0.2) is 6.29 Å². The van der Waals surface area contributed by atoms with Gasteiger partial charge in [0, 0.05) is 6.92 Å². The van der Waals surface area contributed by atoms with E-state index in [2.05, 4.69) is 0 Å². The largest absolute Gasteiger partial charge is 0.426 e. The van der Waals surface area contributed by atoms with Gasteiger partial charge in [-0.3, -0.25) is 4.79 Å². The number of para-hydroxylation sites is 1. The van der Waals surface area contributed by atoms with Crippen molar-refractivity contribution in [1.82, 2.24) is 0 Å². The van der Waals surface area contributed by atoms with E-state index in [1.807, 2.05) is 12.1 Å². The fourth-order valence-electron chi connectivity index (χ4n) is 1.46. The second-order valence-electron chi connectivity index (χ2n) is 3.20. The molecule has 0 radical (unpaired) electrons. The zero-order chi connectivity index (χ0) is 10.7. The van der Waals surface area contributed by atoms with E-state index in [0.717, 1.165) is 5.56 Å². The molecule has 4 nitrogen and oxygen atoms in total. The lowest BCUT2D eigenvalue weighted by Crippen LogP contribution is -2.07. The van der Waals surface area contributed by atoms with E-state index in [-0.39, 0.29) is 5.97 Å². The van der Waals surface area contributed by atoms with Gasteiger partial charge in [-0.05, 0) is 6.07 Å². The third kappa shape index (κ3) is 2.34. The topological polar surface area (TPSA) is 44.8 Å². The molecule has 15 heavy (non-hydrogen) atoms. The molecule has 0 amide bonds. The highest BCUT2D eigenvalue weighted by molar-refractivity contribution is 5.69. The summed E-state index contributed by atoms with van der Waals surface area (Å²) in [6.07, 6.45) is -0.416. The highest BCUT2D eigenvalue weighted by atomic mass is 16.7. The van der Waals surface area contributed by atoms with Gasteiger partial charge in [-0.15, -0.1) is 0 Å². The van der Waals surface area contributed by atoms with Crippen LogP contribution in [0, 0.1) is 0 Å². The van der Waals surface area contributed by atoms with Crippen LogP contribution in [-0.4, -0.2) is 19.2 Å². The molecule has 0 aliphatic carbocycles. The lowest BCUT2D eigenvalue weighted by molar-refractivity contribution is -0.132. The monoisotopic (exact) mass is 208 g/mol. The van der Waals surface area contributed by atoms with Gasteiger partial charge < -0.3 is 14.2 Å². The first-order valence-corrected chi connectivity index (χ1v) is 4.78. The molecule has 1 saturated heterocycles. The Bertz CT molecular complexity index is 355. The van der Waals surface area contributed by atoms with Crippen LogP contribution in [-0.2, 0) is 14.3 Å². The molecule has 1 aromatic rings. The molecule has 0 atom stereocenters. The molecule has 1 fully saturated rings. The Morgan fingerprint density at radius 3 is 2.67 bits per heavy atom. The Balaban J connectivity index is 2.24. The lowest BCUT2D eigenvalue weighted by atomic mass is 10.2. The average Bonchev–Trinajstić information content (AvgIpc) is 2.70. The van der Waals surface area contributed by atoms with E-state index >= 15 is 0 Å². The first kappa shape index (κ1) is 10.1. The highest BCUT2D eigenvalue weighted by Gasteiger charge is 2.22. The molecule has 1 heterocycles. The average molecular weight is 208 g/mol. The van der Waals surface area contributed by atoms with Crippen molar-refractivity contribution in [1.29, 1.82) is 0 Å². The van der Waals surface area contributed by atoms with Gasteiger partial charge in [0.2, 0.25) is 0 Å². The van der Waals surface area contributed by atoms with Crippen LogP contribution in [0.4, 0.5) is 0 Å². The molecular weight excluding hydrogens is 196 g/mol. The maximum atomic E-state index is 10.9. The summed E-state index contributed by atoms with van der Waals surface area (Å²) in [6.45, 7) is 2.51. The van der Waals surface area contributed by atoms with Crippen LogP contribution in [0.15, 0.2) is 24.3 Å². The van der Waals surface area contributed by atoms with Crippen molar-refractivity contribution in [3.05, 3.63) is 29.8 Å². The molecular formula is C11H12O4. The smallest absolute Gasteiger partial charge is 0.308 e. The van der Waals surface area contributed by atoms with Crippen molar-refractivity contribution in [2.24, 2.45) is 0 Å². The zero-order valence-corrected chi connectivity index (χ0v) is 8.43. The molecule has 1 aliphatic rings. The van der Waals surface area contributed by atoms with Crippen molar-refractivity contribution in [2.75, 3.05) is 13.2 Å². The summed E-state index contributed by atoms with van der Waals surface area (Å²) in [4.78, 5) is 10.9. The van der Waals surface area contributed by atoms with E-state index in [1.54, 1.807) is 12.1 Å². The Hall–Kier alpha value is -1.39. The standard InChI is InChI=1S/C11H12O4/c1-8(12)15-10-5-3-2-4-9(10)11-13-6-7-14-11/h2-5,11H,6-7H2,1H3. The minimum atomic E-state index is -0.416. The van der Waals surface area contributed by atoms with Crippen molar-refractivity contribution in [3.8, 4) is 5.75 Å². The lowest BCUT2D eigenvalue weighted by Gasteiger charge is -2.13. The normalized spacial score (nSPS) is 16.6. The van der Waals surface area contributed by atoms with Crippen LogP contribution >= 0.6 is 0 Å². The van der Waals surface area contributed by atoms with Gasteiger partial charge >= 0.3 is 5.97 Å². The molecule has 0 unspecified atom stereocenters. The summed E-state index contributed by atoms with van der Waals surface area (Å²) in [5.41, 5.74) is 0.755. The summed E-state index contributed by atoms with van der Waals surface area (Å²) in [5, 5.41) is 0. The highest BCUT2D eigenvalue weighted by Crippen LogP contribution is 2.30. The minimum absolute atomic E-state index is 0.347. The molecule has 0 N–H and O–H groups in total. The predicted molar refractivity (Wildman–Crippen MR) is 52.4 cm³/mol. The molecule has 0 spiro atoms. The molecule has 0 saturated carbocycles. The van der Waals surface area contributed by atoms with Crippen molar-refractivity contribution >= 4 is 5.97 Å². The first-order valence-electron chi connectivity index (χ1n) is 4.78. The fraction of sp³-hybridized carbons (Fsp3) is 0.364. The predicted octanol–water partition coefficient (Wildman–Crippen LogP) is 1.66. The molecule has 1 aliphatic heterocycles. The van der Waals surface area contributed by atoms with Gasteiger partial charge in [-0.1, -0.05) is 18.2 Å². The van der Waals surface area contributed by atoms with Gasteiger partial charge in [0.25, 0.3) is 0 Å². The van der Waals surface area contributed by atoms with Crippen LogP contribution < -0.4 is 4.74 Å². The minimum Gasteiger partial charge on any atom is -0.426 e. The molecule has 2 rings (SSSR count). The van der Waals surface area contributed by atoms with Gasteiger partial charge in [-0.25, -0.2) is 0 Å². The van der Waals surface area contributed by atoms with Crippen molar-refractivity contribution < 1.29 is 19.0 Å². The Labute approximate surface area is 87.8 Å². The van der Waals surface area contributed by atoms with E-state index in [4.69, 9.17) is 14.2 Å². The maximum absolute atomic E-state index is 10.9. The number of esters is 1. The molecule has 0 aromatic heterocycles. The molecule has 0 bridgehead atoms. The van der Waals surface area contributed by atoms with Crippen molar-refractivity contribution in [3.63, 3.8) is 0 Å². The second-order valence-corrected chi connectivity index (χ2v) is 3.20. The second kappa shape index (κ2) is 4.42. The Kier molecular flexibility index (Phi) is 2.99.